The summed E-state index contributed by atoms with van der Waals surface area (Å²) in [5, 5.41) is 0. The molecular weight excluding hydrogens is 304 g/mol. The summed E-state index contributed by atoms with van der Waals surface area (Å²) in [6.07, 6.45) is 11.6. The van der Waals surface area contributed by atoms with Crippen LogP contribution in [0.3, 0.4) is 0 Å². The number of hydrogen-bond acceptors (Lipinski definition) is 2. The fourth-order valence-electron chi connectivity index (χ4n) is 2.47. The fourth-order valence-corrected chi connectivity index (χ4v) is 4.27. The highest BCUT2D eigenvalue weighted by atomic mass is 32.1. The van der Waals surface area contributed by atoms with Crippen LogP contribution in [-0.2, 0) is 0 Å². The highest BCUT2D eigenvalue weighted by Gasteiger charge is 2.15. The molecule has 3 rings (SSSR count). The molecule has 2 aromatic heterocycles. The molecule has 0 saturated carbocycles. The summed E-state index contributed by atoms with van der Waals surface area (Å²) in [6.45, 7) is 4.18. The number of aryl methyl sites for hydroxylation is 2. The van der Waals surface area contributed by atoms with Crippen molar-refractivity contribution in [2.75, 3.05) is 0 Å². The number of rotatable bonds is 2. The maximum atomic E-state index is 5.79. The summed E-state index contributed by atoms with van der Waals surface area (Å²) in [5.74, 6) is 5.62. The predicted molar refractivity (Wildman–Crippen MR) is 98.4 cm³/mol. The van der Waals surface area contributed by atoms with Crippen molar-refractivity contribution in [3.63, 3.8) is 0 Å². The first-order valence-corrected chi connectivity index (χ1v) is 8.51. The molecule has 106 valence electrons. The zero-order valence-corrected chi connectivity index (χ0v) is 14.1. The average molecular weight is 318 g/mol. The topological polar surface area (TPSA) is 0 Å². The van der Waals surface area contributed by atoms with Gasteiger partial charge in [-0.1, -0.05) is 24.0 Å². The molecule has 0 saturated heterocycles. The lowest BCUT2D eigenvalue weighted by molar-refractivity contribution is 1.58. The first kappa shape index (κ1) is 14.7. The summed E-state index contributed by atoms with van der Waals surface area (Å²) in [5.41, 5.74) is 3.72. The molecule has 2 heterocycles. The van der Waals surface area contributed by atoms with Crippen LogP contribution in [0.4, 0.5) is 0 Å². The van der Waals surface area contributed by atoms with Crippen molar-refractivity contribution >= 4 is 22.7 Å². The monoisotopic (exact) mass is 318 g/mol. The van der Waals surface area contributed by atoms with Gasteiger partial charge in [-0.25, -0.2) is 0 Å². The number of hydrogen-bond donors (Lipinski definition) is 0. The average Bonchev–Trinajstić information content (AvgIpc) is 3.14. The van der Waals surface area contributed by atoms with E-state index >= 15 is 0 Å². The SMILES string of the molecule is C#Cc1c(-c2ccc(C)s2)ccc(-c2ccc(C)s2)c1C#C. The molecule has 0 bridgehead atoms. The van der Waals surface area contributed by atoms with Crippen LogP contribution in [0, 0.1) is 38.5 Å². The third-order valence-corrected chi connectivity index (χ3v) is 5.57. The summed E-state index contributed by atoms with van der Waals surface area (Å²) in [6, 6.07) is 12.6. The molecule has 0 nitrogen and oxygen atoms in total. The molecule has 0 atom stereocenters. The lowest BCUT2D eigenvalue weighted by atomic mass is 9.95. The van der Waals surface area contributed by atoms with E-state index in [0.717, 1.165) is 32.0 Å². The second-order valence-corrected chi connectivity index (χ2v) is 7.60. The largest absolute Gasteiger partial charge is 0.141 e. The van der Waals surface area contributed by atoms with Crippen LogP contribution in [0.1, 0.15) is 20.9 Å². The smallest absolute Gasteiger partial charge is 0.0492 e. The van der Waals surface area contributed by atoms with E-state index < -0.39 is 0 Å². The maximum Gasteiger partial charge on any atom is 0.0492 e. The van der Waals surface area contributed by atoms with Crippen molar-refractivity contribution in [1.82, 2.24) is 0 Å². The summed E-state index contributed by atoms with van der Waals surface area (Å²) >= 11 is 3.47. The van der Waals surface area contributed by atoms with Crippen LogP contribution in [-0.4, -0.2) is 0 Å². The van der Waals surface area contributed by atoms with Crippen LogP contribution in [0.15, 0.2) is 36.4 Å². The Hall–Kier alpha value is -2.26. The number of thiophene rings is 2. The van der Waals surface area contributed by atoms with Crippen molar-refractivity contribution in [2.45, 2.75) is 13.8 Å². The van der Waals surface area contributed by atoms with Gasteiger partial charge in [-0.15, -0.1) is 35.5 Å². The van der Waals surface area contributed by atoms with Gasteiger partial charge in [-0.05, 0) is 38.1 Å². The molecule has 0 aliphatic heterocycles. The maximum absolute atomic E-state index is 5.79. The summed E-state index contributed by atoms with van der Waals surface area (Å²) in [7, 11) is 0. The molecule has 0 unspecified atom stereocenters. The zero-order valence-electron chi connectivity index (χ0n) is 12.4. The Balaban J connectivity index is 2.25. The van der Waals surface area contributed by atoms with E-state index in [0.29, 0.717) is 0 Å². The third-order valence-electron chi connectivity index (χ3n) is 3.51. The van der Waals surface area contributed by atoms with Gasteiger partial charge in [-0.3, -0.25) is 0 Å². The van der Waals surface area contributed by atoms with Gasteiger partial charge in [0.2, 0.25) is 0 Å². The van der Waals surface area contributed by atoms with Crippen LogP contribution >= 0.6 is 22.7 Å². The third kappa shape index (κ3) is 2.48. The molecule has 0 aliphatic carbocycles. The Morgan fingerprint density at radius 2 is 1.09 bits per heavy atom. The van der Waals surface area contributed by atoms with Crippen molar-refractivity contribution < 1.29 is 0 Å². The van der Waals surface area contributed by atoms with E-state index in [1.54, 1.807) is 22.7 Å². The van der Waals surface area contributed by atoms with Gasteiger partial charge in [-0.2, -0.15) is 0 Å². The van der Waals surface area contributed by atoms with Crippen molar-refractivity contribution in [3.8, 4) is 45.6 Å². The van der Waals surface area contributed by atoms with E-state index in [4.69, 9.17) is 12.8 Å². The molecule has 2 heteroatoms. The Morgan fingerprint density at radius 3 is 1.36 bits per heavy atom. The van der Waals surface area contributed by atoms with Crippen LogP contribution in [0.25, 0.3) is 20.9 Å². The van der Waals surface area contributed by atoms with Gasteiger partial charge in [0, 0.05) is 41.8 Å². The Bertz CT molecular complexity index is 846. The van der Waals surface area contributed by atoms with Crippen LogP contribution in [0.5, 0.6) is 0 Å². The Morgan fingerprint density at radius 1 is 0.682 bits per heavy atom. The zero-order chi connectivity index (χ0) is 15.7. The highest BCUT2D eigenvalue weighted by molar-refractivity contribution is 7.15. The molecule has 0 radical (unpaired) electrons. The van der Waals surface area contributed by atoms with Crippen molar-refractivity contribution in [2.24, 2.45) is 0 Å². The van der Waals surface area contributed by atoms with Gasteiger partial charge in [0.25, 0.3) is 0 Å². The highest BCUT2D eigenvalue weighted by Crippen LogP contribution is 2.37. The molecule has 0 spiro atoms. The molecule has 0 aliphatic rings. The first-order chi connectivity index (χ1) is 10.6. The second-order valence-electron chi connectivity index (χ2n) is 5.02. The minimum atomic E-state index is 0.813. The second kappa shape index (κ2) is 5.85. The molecular formula is C20H14S2. The molecule has 3 aromatic rings. The first-order valence-electron chi connectivity index (χ1n) is 6.88. The summed E-state index contributed by atoms with van der Waals surface area (Å²) < 4.78 is 0. The van der Waals surface area contributed by atoms with E-state index in [1.807, 2.05) is 0 Å². The minimum absolute atomic E-state index is 0.813. The lowest BCUT2D eigenvalue weighted by Gasteiger charge is -2.10. The Kier molecular flexibility index (Phi) is 3.90. The molecule has 1 aromatic carbocycles. The van der Waals surface area contributed by atoms with E-state index in [1.165, 1.54) is 9.75 Å². The van der Waals surface area contributed by atoms with Gasteiger partial charge >= 0.3 is 0 Å². The quantitative estimate of drug-likeness (QED) is 0.530. The number of benzene rings is 1. The summed E-state index contributed by atoms with van der Waals surface area (Å²) in [4.78, 5) is 4.85. The van der Waals surface area contributed by atoms with Gasteiger partial charge in [0.1, 0.15) is 0 Å². The number of terminal acetylenes is 2. The molecule has 22 heavy (non-hydrogen) atoms. The molecule has 0 fully saturated rings. The van der Waals surface area contributed by atoms with Crippen LogP contribution in [0.2, 0.25) is 0 Å². The van der Waals surface area contributed by atoms with E-state index in [-0.39, 0.29) is 0 Å². The van der Waals surface area contributed by atoms with Gasteiger partial charge < -0.3 is 0 Å². The minimum Gasteiger partial charge on any atom is -0.141 e. The molecule has 0 N–H and O–H groups in total. The van der Waals surface area contributed by atoms with Crippen molar-refractivity contribution in [3.05, 3.63) is 57.3 Å². The lowest BCUT2D eigenvalue weighted by Crippen LogP contribution is -1.92. The van der Waals surface area contributed by atoms with Crippen LogP contribution < -0.4 is 0 Å². The fraction of sp³-hybridized carbons (Fsp3) is 0.100. The van der Waals surface area contributed by atoms with Gasteiger partial charge in [0.15, 0.2) is 0 Å². The van der Waals surface area contributed by atoms with E-state index in [2.05, 4.69) is 62.1 Å². The Labute approximate surface area is 139 Å². The van der Waals surface area contributed by atoms with E-state index in [9.17, 15) is 0 Å². The standard InChI is InChI=1S/C20H14S2/c1-5-15-16(6-2)18(20-12-8-14(4)22-20)10-9-17(15)19-11-7-13(3)21-19/h1-2,7-12H,3-4H3. The predicted octanol–water partition coefficient (Wildman–Crippen LogP) is 5.72. The van der Waals surface area contributed by atoms with Gasteiger partial charge in [0.05, 0.1) is 0 Å². The van der Waals surface area contributed by atoms with Crippen molar-refractivity contribution in [1.29, 1.82) is 0 Å². The molecule has 0 amide bonds. The normalized spacial score (nSPS) is 10.2.